The zero-order valence-electron chi connectivity index (χ0n) is 27.8. The van der Waals surface area contributed by atoms with Crippen molar-refractivity contribution in [3.63, 3.8) is 0 Å². The Morgan fingerprint density at radius 1 is 0.808 bits per heavy atom. The van der Waals surface area contributed by atoms with Gasteiger partial charge in [0.05, 0.1) is 22.2 Å². The minimum absolute atomic E-state index is 0.000922. The van der Waals surface area contributed by atoms with Crippen LogP contribution in [0.15, 0.2) is 79.1 Å². The molecule has 0 fully saturated rings. The molecule has 6 N–H and O–H groups in total. The number of nitro benzene ring substituents is 1. The topological polar surface area (TPSA) is 209 Å². The van der Waals surface area contributed by atoms with Gasteiger partial charge in [-0.25, -0.2) is 18.7 Å². The average molecular weight is 735 g/mol. The first-order chi connectivity index (χ1) is 25.0. The Morgan fingerprint density at radius 2 is 1.33 bits per heavy atom. The maximum Gasteiger partial charge on any atom is 0.273 e. The second-order valence-corrected chi connectivity index (χ2v) is 11.1. The van der Waals surface area contributed by atoms with Crippen molar-refractivity contribution in [1.82, 2.24) is 19.9 Å². The highest BCUT2D eigenvalue weighted by Gasteiger charge is 2.18. The SMILES string of the molecule is CCCNc1nc(Nc2cccc(F)c2)ncc1C(=O)Cl.CCCNc1nc(Nc2cccc(F)c2)ncc1C(=O)Nc1ccc([N+](=O)[O-])cc1O. The third kappa shape index (κ3) is 11.0. The van der Waals surface area contributed by atoms with Crippen LogP contribution in [0.25, 0.3) is 0 Å². The molecule has 0 spiro atoms. The van der Waals surface area contributed by atoms with E-state index in [0.29, 0.717) is 30.3 Å². The monoisotopic (exact) mass is 734 g/mol. The predicted molar refractivity (Wildman–Crippen MR) is 194 cm³/mol. The van der Waals surface area contributed by atoms with Crippen molar-refractivity contribution in [1.29, 1.82) is 0 Å². The number of anilines is 7. The lowest BCUT2D eigenvalue weighted by atomic mass is 10.2. The summed E-state index contributed by atoms with van der Waals surface area (Å²) in [4.78, 5) is 50.8. The number of amides is 1. The number of aromatic hydroxyl groups is 1. The molecular weight excluding hydrogens is 702 g/mol. The van der Waals surface area contributed by atoms with Gasteiger partial charge in [0.1, 0.15) is 34.6 Å². The third-order valence-electron chi connectivity index (χ3n) is 6.72. The first-order valence-electron chi connectivity index (χ1n) is 15.7. The minimum atomic E-state index is -0.656. The molecule has 0 bridgehead atoms. The van der Waals surface area contributed by atoms with Crippen LogP contribution in [0.1, 0.15) is 47.4 Å². The summed E-state index contributed by atoms with van der Waals surface area (Å²) in [7, 11) is 0. The molecule has 270 valence electrons. The number of hydrogen-bond donors (Lipinski definition) is 6. The van der Waals surface area contributed by atoms with E-state index in [0.717, 1.165) is 25.0 Å². The van der Waals surface area contributed by atoms with Gasteiger partial charge in [-0.3, -0.25) is 19.7 Å². The van der Waals surface area contributed by atoms with Crippen molar-refractivity contribution in [3.8, 4) is 5.75 Å². The highest BCUT2D eigenvalue weighted by molar-refractivity contribution is 6.68. The Kier molecular flexibility index (Phi) is 13.6. The van der Waals surface area contributed by atoms with Gasteiger partial charge >= 0.3 is 0 Å². The fraction of sp³-hybridized carbons (Fsp3) is 0.176. The van der Waals surface area contributed by atoms with Gasteiger partial charge in [-0.15, -0.1) is 0 Å². The molecule has 0 aliphatic rings. The Hall–Kier alpha value is -6.49. The van der Waals surface area contributed by atoms with E-state index >= 15 is 0 Å². The molecule has 52 heavy (non-hydrogen) atoms. The summed E-state index contributed by atoms with van der Waals surface area (Å²) < 4.78 is 26.5. The van der Waals surface area contributed by atoms with Gasteiger partial charge in [-0.1, -0.05) is 26.0 Å². The molecular formula is C34H33ClF2N10O5. The number of nitrogens with one attached hydrogen (secondary N) is 5. The van der Waals surface area contributed by atoms with Crippen LogP contribution in [0.4, 0.5) is 55.1 Å². The molecule has 0 atom stereocenters. The largest absolute Gasteiger partial charge is 0.506 e. The van der Waals surface area contributed by atoms with Crippen molar-refractivity contribution in [2.24, 2.45) is 0 Å². The average Bonchev–Trinajstić information content (AvgIpc) is 3.11. The number of nitro groups is 1. The second-order valence-electron chi connectivity index (χ2n) is 10.7. The number of phenolic OH excluding ortho intramolecular Hbond substituents is 1. The molecule has 0 saturated carbocycles. The van der Waals surface area contributed by atoms with Crippen molar-refractivity contribution < 1.29 is 28.4 Å². The maximum absolute atomic E-state index is 13.4. The molecule has 15 nitrogen and oxygen atoms in total. The van der Waals surface area contributed by atoms with Crippen LogP contribution in [-0.2, 0) is 0 Å². The summed E-state index contributed by atoms with van der Waals surface area (Å²) in [6.07, 6.45) is 4.25. The lowest BCUT2D eigenvalue weighted by molar-refractivity contribution is -0.384. The summed E-state index contributed by atoms with van der Waals surface area (Å²) in [6.45, 7) is 5.10. The summed E-state index contributed by atoms with van der Waals surface area (Å²) >= 11 is 5.49. The minimum Gasteiger partial charge on any atom is -0.506 e. The fourth-order valence-electron chi connectivity index (χ4n) is 4.27. The fourth-order valence-corrected chi connectivity index (χ4v) is 4.41. The zero-order valence-corrected chi connectivity index (χ0v) is 28.5. The first-order valence-corrected chi connectivity index (χ1v) is 16.1. The van der Waals surface area contributed by atoms with Crippen LogP contribution in [-0.4, -0.2) is 54.2 Å². The molecule has 18 heteroatoms. The number of phenols is 1. The third-order valence-corrected chi connectivity index (χ3v) is 6.92. The number of halogens is 3. The van der Waals surface area contributed by atoms with Gasteiger partial charge < -0.3 is 31.7 Å². The molecule has 0 radical (unpaired) electrons. The van der Waals surface area contributed by atoms with Crippen LogP contribution in [0.2, 0.25) is 0 Å². The van der Waals surface area contributed by atoms with Crippen molar-refractivity contribution in [2.45, 2.75) is 26.7 Å². The molecule has 0 aliphatic heterocycles. The van der Waals surface area contributed by atoms with E-state index in [9.17, 15) is 33.6 Å². The Bertz CT molecular complexity index is 2060. The van der Waals surface area contributed by atoms with Crippen LogP contribution in [0.3, 0.4) is 0 Å². The van der Waals surface area contributed by atoms with Gasteiger partial charge in [0.15, 0.2) is 0 Å². The van der Waals surface area contributed by atoms with E-state index in [4.69, 9.17) is 11.6 Å². The van der Waals surface area contributed by atoms with E-state index in [2.05, 4.69) is 46.5 Å². The number of aromatic nitrogens is 4. The normalized spacial score (nSPS) is 10.3. The summed E-state index contributed by atoms with van der Waals surface area (Å²) in [5.74, 6) is -0.874. The molecule has 5 aromatic rings. The van der Waals surface area contributed by atoms with E-state index < -0.39 is 27.6 Å². The summed E-state index contributed by atoms with van der Waals surface area (Å²) in [6, 6.07) is 15.0. The van der Waals surface area contributed by atoms with Gasteiger partial charge in [-0.2, -0.15) is 9.97 Å². The van der Waals surface area contributed by atoms with Crippen molar-refractivity contribution >= 4 is 69.0 Å². The molecule has 5 rings (SSSR count). The Balaban J connectivity index is 0.000000251. The zero-order chi connectivity index (χ0) is 37.6. The highest BCUT2D eigenvalue weighted by atomic mass is 35.5. The highest BCUT2D eigenvalue weighted by Crippen LogP contribution is 2.29. The van der Waals surface area contributed by atoms with Crippen LogP contribution < -0.4 is 26.6 Å². The molecule has 2 aromatic heterocycles. The molecule has 1 amide bonds. The van der Waals surface area contributed by atoms with Crippen LogP contribution >= 0.6 is 11.6 Å². The predicted octanol–water partition coefficient (Wildman–Crippen LogP) is 7.61. The Morgan fingerprint density at radius 3 is 1.79 bits per heavy atom. The summed E-state index contributed by atoms with van der Waals surface area (Å²) in [5.41, 5.74) is 0.942. The molecule has 0 unspecified atom stereocenters. The van der Waals surface area contributed by atoms with Crippen LogP contribution in [0, 0.1) is 21.7 Å². The van der Waals surface area contributed by atoms with Gasteiger partial charge in [0.2, 0.25) is 11.9 Å². The number of benzene rings is 3. The van der Waals surface area contributed by atoms with Gasteiger partial charge in [0, 0.05) is 42.9 Å². The lowest BCUT2D eigenvalue weighted by Gasteiger charge is -2.13. The van der Waals surface area contributed by atoms with E-state index in [1.54, 1.807) is 18.2 Å². The number of non-ortho nitro benzene ring substituents is 1. The first kappa shape index (κ1) is 38.3. The summed E-state index contributed by atoms with van der Waals surface area (Å²) in [5, 5.41) is 34.4. The van der Waals surface area contributed by atoms with Crippen molar-refractivity contribution in [3.05, 3.63) is 112 Å². The number of rotatable bonds is 14. The number of carbonyl (C=O) groups excluding carboxylic acids is 2. The van der Waals surface area contributed by atoms with Crippen molar-refractivity contribution in [2.75, 3.05) is 39.7 Å². The maximum atomic E-state index is 13.4. The van der Waals surface area contributed by atoms with E-state index in [1.807, 2.05) is 13.8 Å². The number of nitrogens with zero attached hydrogens (tertiary/aromatic N) is 5. The lowest BCUT2D eigenvalue weighted by Crippen LogP contribution is -2.17. The van der Waals surface area contributed by atoms with E-state index in [-0.39, 0.29) is 46.0 Å². The number of carbonyl (C=O) groups is 2. The smallest absolute Gasteiger partial charge is 0.273 e. The Labute approximate surface area is 301 Å². The molecule has 2 heterocycles. The number of hydrogen-bond acceptors (Lipinski definition) is 13. The van der Waals surface area contributed by atoms with E-state index in [1.165, 1.54) is 48.8 Å². The molecule has 0 saturated heterocycles. The van der Waals surface area contributed by atoms with Gasteiger partial charge in [0.25, 0.3) is 16.8 Å². The van der Waals surface area contributed by atoms with Gasteiger partial charge in [-0.05, 0) is 66.9 Å². The standard InChI is InChI=1S/C20H19FN6O4.C14H14ClFN4O/c1-2-8-22-18-15(11-23-20(26-18)24-13-5-3-4-12(21)9-13)19(29)25-16-7-6-14(27(30)31)10-17(16)28;1-2-6-17-13-11(12(15)21)8-18-14(20-13)19-10-5-3-4-9(16)7-10/h3-7,9-11,28H,2,8H2,1H3,(H,25,29)(H2,22,23,24,26);3-5,7-8H,2,6H2,1H3,(H2,17,18,19,20). The molecule has 3 aromatic carbocycles. The molecule has 0 aliphatic carbocycles. The second kappa shape index (κ2) is 18.5. The van der Waals surface area contributed by atoms with Crippen LogP contribution in [0.5, 0.6) is 5.75 Å². The quantitative estimate of drug-likeness (QED) is 0.0281.